The highest BCUT2D eigenvalue weighted by Crippen LogP contribution is 2.34. The van der Waals surface area contributed by atoms with E-state index in [1.54, 1.807) is 11.8 Å². The Labute approximate surface area is 194 Å². The van der Waals surface area contributed by atoms with Crippen molar-refractivity contribution in [3.8, 4) is 0 Å². The van der Waals surface area contributed by atoms with Gasteiger partial charge in [-0.15, -0.1) is 0 Å². The second kappa shape index (κ2) is 9.00. The summed E-state index contributed by atoms with van der Waals surface area (Å²) in [5.41, 5.74) is 1.88. The van der Waals surface area contributed by atoms with Crippen LogP contribution in [0.2, 0.25) is 0 Å². The monoisotopic (exact) mass is 452 g/mol. The van der Waals surface area contributed by atoms with Crippen LogP contribution in [-0.2, 0) is 16.1 Å². The SMILES string of the molecule is COC(=O)c1cc2n(n1)C[C@](C)(C(=O)NC1CCCCCC1)N(c1ccc(C)c(C)c1)C2=O. The van der Waals surface area contributed by atoms with Crippen molar-refractivity contribution in [2.24, 2.45) is 0 Å². The first-order chi connectivity index (χ1) is 15.7. The summed E-state index contributed by atoms with van der Waals surface area (Å²) < 4.78 is 6.24. The third kappa shape index (κ3) is 4.26. The molecule has 1 aromatic heterocycles. The first-order valence-electron chi connectivity index (χ1n) is 11.6. The number of nitrogens with zero attached hydrogens (tertiary/aromatic N) is 3. The van der Waals surface area contributed by atoms with Gasteiger partial charge in [0.25, 0.3) is 5.91 Å². The molecule has 2 aromatic rings. The van der Waals surface area contributed by atoms with Gasteiger partial charge >= 0.3 is 5.97 Å². The van der Waals surface area contributed by atoms with Gasteiger partial charge in [0, 0.05) is 17.8 Å². The number of aryl methyl sites for hydroxylation is 2. The number of carbonyl (C=O) groups is 3. The molecular weight excluding hydrogens is 420 g/mol. The first kappa shape index (κ1) is 23.0. The van der Waals surface area contributed by atoms with Gasteiger partial charge in [0.1, 0.15) is 11.2 Å². The zero-order chi connectivity index (χ0) is 23.8. The van der Waals surface area contributed by atoms with Crippen LogP contribution in [0.15, 0.2) is 24.3 Å². The van der Waals surface area contributed by atoms with Crippen molar-refractivity contribution in [3.05, 3.63) is 46.8 Å². The first-order valence-corrected chi connectivity index (χ1v) is 11.6. The van der Waals surface area contributed by atoms with Crippen molar-refractivity contribution < 1.29 is 19.1 Å². The minimum Gasteiger partial charge on any atom is -0.464 e. The number of ether oxygens (including phenoxy) is 1. The molecule has 1 aliphatic heterocycles. The van der Waals surface area contributed by atoms with Gasteiger partial charge in [-0.05, 0) is 56.9 Å². The van der Waals surface area contributed by atoms with Crippen molar-refractivity contribution in [1.29, 1.82) is 0 Å². The average molecular weight is 453 g/mol. The van der Waals surface area contributed by atoms with E-state index >= 15 is 0 Å². The van der Waals surface area contributed by atoms with Gasteiger partial charge in [0.15, 0.2) is 5.69 Å². The minimum atomic E-state index is -1.21. The minimum absolute atomic E-state index is 0.0503. The van der Waals surface area contributed by atoms with E-state index in [0.29, 0.717) is 5.69 Å². The number of rotatable bonds is 4. The topological polar surface area (TPSA) is 93.5 Å². The van der Waals surface area contributed by atoms with Crippen LogP contribution < -0.4 is 10.2 Å². The Morgan fingerprint density at radius 3 is 2.42 bits per heavy atom. The molecule has 1 atom stereocenters. The molecule has 8 heteroatoms. The number of hydrogen-bond donors (Lipinski definition) is 1. The molecule has 0 unspecified atom stereocenters. The molecule has 2 heterocycles. The van der Waals surface area contributed by atoms with E-state index in [1.165, 1.54) is 30.7 Å². The second-order valence-corrected chi connectivity index (χ2v) is 9.41. The highest BCUT2D eigenvalue weighted by molar-refractivity contribution is 6.12. The second-order valence-electron chi connectivity index (χ2n) is 9.41. The standard InChI is InChI=1S/C25H32N4O4/c1-16-11-12-19(13-17(16)2)29-22(30)21-14-20(23(31)33-4)27-28(21)15-25(29,3)24(32)26-18-9-7-5-6-8-10-18/h11-14,18H,5-10,15H2,1-4H3,(H,26,32)/t25-/m1/s1. The lowest BCUT2D eigenvalue weighted by Gasteiger charge is -2.43. The third-order valence-electron chi connectivity index (χ3n) is 6.98. The number of anilines is 1. The molecule has 0 bridgehead atoms. The lowest BCUT2D eigenvalue weighted by atomic mass is 9.92. The molecule has 1 saturated carbocycles. The van der Waals surface area contributed by atoms with Gasteiger partial charge in [-0.25, -0.2) is 4.79 Å². The molecule has 4 rings (SSSR count). The van der Waals surface area contributed by atoms with Crippen LogP contribution in [0.5, 0.6) is 0 Å². The lowest BCUT2D eigenvalue weighted by Crippen LogP contribution is -2.65. The fraction of sp³-hybridized carbons (Fsp3) is 0.520. The maximum atomic E-state index is 13.8. The van der Waals surface area contributed by atoms with Gasteiger partial charge in [-0.2, -0.15) is 5.10 Å². The normalized spacial score (nSPS) is 21.3. The van der Waals surface area contributed by atoms with E-state index in [-0.39, 0.29) is 35.8 Å². The largest absolute Gasteiger partial charge is 0.464 e. The van der Waals surface area contributed by atoms with Crippen molar-refractivity contribution in [2.45, 2.75) is 77.4 Å². The van der Waals surface area contributed by atoms with Crippen molar-refractivity contribution in [3.63, 3.8) is 0 Å². The summed E-state index contributed by atoms with van der Waals surface area (Å²) in [5.74, 6) is -1.19. The number of amides is 2. The third-order valence-corrected chi connectivity index (χ3v) is 6.98. The summed E-state index contributed by atoms with van der Waals surface area (Å²) in [7, 11) is 1.27. The molecule has 2 aliphatic rings. The quantitative estimate of drug-likeness (QED) is 0.566. The maximum Gasteiger partial charge on any atom is 0.358 e. The molecule has 0 radical (unpaired) electrons. The Bertz CT molecular complexity index is 1080. The summed E-state index contributed by atoms with van der Waals surface area (Å²) >= 11 is 0. The van der Waals surface area contributed by atoms with E-state index in [1.807, 2.05) is 32.0 Å². The zero-order valence-corrected chi connectivity index (χ0v) is 19.8. The van der Waals surface area contributed by atoms with E-state index in [4.69, 9.17) is 4.74 Å². The molecule has 1 fully saturated rings. The molecular formula is C25H32N4O4. The Morgan fingerprint density at radius 1 is 1.09 bits per heavy atom. The average Bonchev–Trinajstić information content (AvgIpc) is 3.04. The molecule has 33 heavy (non-hydrogen) atoms. The predicted octanol–water partition coefficient (Wildman–Crippen LogP) is 3.54. The number of hydrogen-bond acceptors (Lipinski definition) is 5. The Hall–Kier alpha value is -3.16. The molecule has 0 saturated heterocycles. The van der Waals surface area contributed by atoms with Crippen molar-refractivity contribution >= 4 is 23.5 Å². The fourth-order valence-electron chi connectivity index (χ4n) is 4.82. The molecule has 8 nitrogen and oxygen atoms in total. The highest BCUT2D eigenvalue weighted by Gasteiger charge is 2.49. The van der Waals surface area contributed by atoms with Crippen LogP contribution in [0.1, 0.15) is 77.6 Å². The fourth-order valence-corrected chi connectivity index (χ4v) is 4.82. The van der Waals surface area contributed by atoms with Crippen LogP contribution in [0.4, 0.5) is 5.69 Å². The maximum absolute atomic E-state index is 13.8. The molecule has 1 aromatic carbocycles. The number of carbonyl (C=O) groups excluding carboxylic acids is 3. The zero-order valence-electron chi connectivity index (χ0n) is 19.8. The molecule has 1 aliphatic carbocycles. The molecule has 1 N–H and O–H groups in total. The number of fused-ring (bicyclic) bond motifs is 1. The van der Waals surface area contributed by atoms with Crippen LogP contribution >= 0.6 is 0 Å². The van der Waals surface area contributed by atoms with Crippen molar-refractivity contribution in [1.82, 2.24) is 15.1 Å². The molecule has 176 valence electrons. The van der Waals surface area contributed by atoms with E-state index in [2.05, 4.69) is 10.4 Å². The van der Waals surface area contributed by atoms with Crippen LogP contribution in [0.3, 0.4) is 0 Å². The van der Waals surface area contributed by atoms with Gasteiger partial charge in [0.05, 0.1) is 13.7 Å². The van der Waals surface area contributed by atoms with E-state index < -0.39 is 11.5 Å². The Balaban J connectivity index is 1.76. The predicted molar refractivity (Wildman–Crippen MR) is 124 cm³/mol. The Kier molecular flexibility index (Phi) is 6.28. The number of esters is 1. The molecule has 0 spiro atoms. The van der Waals surface area contributed by atoms with Crippen LogP contribution in [0, 0.1) is 13.8 Å². The summed E-state index contributed by atoms with van der Waals surface area (Å²) in [5, 5.41) is 7.51. The summed E-state index contributed by atoms with van der Waals surface area (Å²) in [6.45, 7) is 5.90. The van der Waals surface area contributed by atoms with Gasteiger partial charge in [-0.3, -0.25) is 19.2 Å². The summed E-state index contributed by atoms with van der Waals surface area (Å²) in [4.78, 5) is 41.1. The van der Waals surface area contributed by atoms with E-state index in [9.17, 15) is 14.4 Å². The number of nitrogens with one attached hydrogen (secondary N) is 1. The summed E-state index contributed by atoms with van der Waals surface area (Å²) in [6, 6.07) is 7.28. The van der Waals surface area contributed by atoms with Crippen LogP contribution in [0.25, 0.3) is 0 Å². The van der Waals surface area contributed by atoms with E-state index in [0.717, 1.165) is 36.8 Å². The molecule has 2 amide bonds. The Morgan fingerprint density at radius 2 is 1.79 bits per heavy atom. The van der Waals surface area contributed by atoms with Gasteiger partial charge in [-0.1, -0.05) is 31.7 Å². The number of aromatic nitrogens is 2. The summed E-state index contributed by atoms with van der Waals surface area (Å²) in [6.07, 6.45) is 6.44. The van der Waals surface area contributed by atoms with Crippen LogP contribution in [-0.4, -0.2) is 46.3 Å². The van der Waals surface area contributed by atoms with Gasteiger partial charge < -0.3 is 10.1 Å². The number of benzene rings is 1. The smallest absolute Gasteiger partial charge is 0.358 e. The number of methoxy groups -OCH3 is 1. The highest BCUT2D eigenvalue weighted by atomic mass is 16.5. The van der Waals surface area contributed by atoms with Crippen molar-refractivity contribution in [2.75, 3.05) is 12.0 Å². The lowest BCUT2D eigenvalue weighted by molar-refractivity contribution is -0.127. The van der Waals surface area contributed by atoms with Gasteiger partial charge in [0.2, 0.25) is 5.91 Å².